The van der Waals surface area contributed by atoms with Crippen LogP contribution in [0.1, 0.15) is 12.8 Å². The summed E-state index contributed by atoms with van der Waals surface area (Å²) in [5.74, 6) is 0.587. The van der Waals surface area contributed by atoms with Crippen LogP contribution in [0.3, 0.4) is 0 Å². The summed E-state index contributed by atoms with van der Waals surface area (Å²) in [6.07, 6.45) is 8.45. The van der Waals surface area contributed by atoms with Gasteiger partial charge in [0.25, 0.3) is 11.1 Å². The summed E-state index contributed by atoms with van der Waals surface area (Å²) in [6, 6.07) is 8.68. The molecule has 1 aliphatic heterocycles. The maximum absolute atomic E-state index is 12.8. The minimum Gasteiger partial charge on any atom is -0.337 e. The van der Waals surface area contributed by atoms with E-state index in [0.29, 0.717) is 29.1 Å². The van der Waals surface area contributed by atoms with Crippen LogP contribution in [-0.4, -0.2) is 41.9 Å². The molecule has 1 atom stereocenters. The Kier molecular flexibility index (Phi) is 4.78. The fourth-order valence-electron chi connectivity index (χ4n) is 4.10. The molecule has 1 unspecified atom stereocenters. The highest BCUT2D eigenvalue weighted by Gasteiger charge is 2.29. The van der Waals surface area contributed by atoms with Crippen LogP contribution in [0.25, 0.3) is 22.2 Å². The molecule has 0 radical (unpaired) electrons. The van der Waals surface area contributed by atoms with Crippen molar-refractivity contribution >= 4 is 16.9 Å². The average molecular weight is 415 g/mol. The van der Waals surface area contributed by atoms with Crippen molar-refractivity contribution in [1.82, 2.24) is 29.3 Å². The molecule has 0 bridgehead atoms. The van der Waals surface area contributed by atoms with Crippen LogP contribution in [0, 0.1) is 0 Å². The second-order valence-corrected chi connectivity index (χ2v) is 7.64. The van der Waals surface area contributed by atoms with E-state index < -0.39 is 0 Å². The summed E-state index contributed by atoms with van der Waals surface area (Å²) >= 11 is 0. The molecule has 9 heteroatoms. The van der Waals surface area contributed by atoms with Gasteiger partial charge in [-0.15, -0.1) is 0 Å². The Morgan fingerprint density at radius 2 is 1.94 bits per heavy atom. The average Bonchev–Trinajstić information content (AvgIpc) is 3.26. The van der Waals surface area contributed by atoms with Gasteiger partial charge in [-0.1, -0.05) is 0 Å². The minimum atomic E-state index is -0.163. The molecule has 0 N–H and O–H groups in total. The van der Waals surface area contributed by atoms with Gasteiger partial charge in [0.1, 0.15) is 0 Å². The van der Waals surface area contributed by atoms with Gasteiger partial charge in [0.15, 0.2) is 0 Å². The number of fused-ring (bicyclic) bond motifs is 1. The normalized spacial score (nSPS) is 16.2. The monoisotopic (exact) mass is 415 g/mol. The molecule has 1 fully saturated rings. The predicted molar refractivity (Wildman–Crippen MR) is 117 cm³/mol. The predicted octanol–water partition coefficient (Wildman–Crippen LogP) is 1.62. The third-order valence-corrected chi connectivity index (χ3v) is 5.70. The van der Waals surface area contributed by atoms with Crippen molar-refractivity contribution in [2.75, 3.05) is 11.4 Å². The Labute approximate surface area is 177 Å². The molecule has 5 rings (SSSR count). The van der Waals surface area contributed by atoms with E-state index >= 15 is 0 Å². The zero-order valence-electron chi connectivity index (χ0n) is 17.0. The molecule has 1 saturated heterocycles. The lowest BCUT2D eigenvalue weighted by molar-refractivity contribution is 0.483. The van der Waals surface area contributed by atoms with Crippen LogP contribution in [0.4, 0.5) is 5.95 Å². The fraction of sp³-hybridized carbons (Fsp3) is 0.273. The summed E-state index contributed by atoms with van der Waals surface area (Å²) in [7, 11) is 1.73. The van der Waals surface area contributed by atoms with Crippen molar-refractivity contribution in [2.45, 2.75) is 25.4 Å². The highest BCUT2D eigenvalue weighted by atomic mass is 16.1. The zero-order chi connectivity index (χ0) is 21.4. The molecule has 156 valence electrons. The van der Waals surface area contributed by atoms with Crippen LogP contribution in [0.15, 0.2) is 64.7 Å². The molecule has 0 aromatic carbocycles. The molecular weight excluding hydrogens is 394 g/mol. The molecule has 0 aliphatic carbocycles. The third-order valence-electron chi connectivity index (χ3n) is 5.70. The van der Waals surface area contributed by atoms with Gasteiger partial charge >= 0.3 is 0 Å². The van der Waals surface area contributed by atoms with Gasteiger partial charge in [0, 0.05) is 43.8 Å². The molecule has 0 amide bonds. The van der Waals surface area contributed by atoms with E-state index in [1.165, 1.54) is 10.7 Å². The van der Waals surface area contributed by atoms with Gasteiger partial charge in [-0.25, -0.2) is 9.67 Å². The van der Waals surface area contributed by atoms with Crippen molar-refractivity contribution in [3.05, 3.63) is 75.8 Å². The topological polar surface area (TPSA) is 98.8 Å². The van der Waals surface area contributed by atoms with Crippen LogP contribution < -0.4 is 16.0 Å². The van der Waals surface area contributed by atoms with E-state index in [1.54, 1.807) is 48.5 Å². The Balaban J connectivity index is 1.50. The van der Waals surface area contributed by atoms with Gasteiger partial charge in [0.2, 0.25) is 5.95 Å². The van der Waals surface area contributed by atoms with Gasteiger partial charge in [0.05, 0.1) is 35.4 Å². The lowest BCUT2D eigenvalue weighted by Crippen LogP contribution is -2.40. The van der Waals surface area contributed by atoms with Crippen LogP contribution in [0.5, 0.6) is 0 Å². The van der Waals surface area contributed by atoms with Gasteiger partial charge in [-0.05, 0) is 37.1 Å². The largest absolute Gasteiger partial charge is 0.337 e. The van der Waals surface area contributed by atoms with Gasteiger partial charge < -0.3 is 4.90 Å². The first-order valence-corrected chi connectivity index (χ1v) is 10.2. The highest BCUT2D eigenvalue weighted by Crippen LogP contribution is 2.25. The zero-order valence-corrected chi connectivity index (χ0v) is 17.0. The summed E-state index contributed by atoms with van der Waals surface area (Å²) in [5.41, 5.74) is 1.84. The summed E-state index contributed by atoms with van der Waals surface area (Å²) in [5, 5.41) is 5.10. The third kappa shape index (κ3) is 3.48. The number of hydrogen-bond acceptors (Lipinski definition) is 7. The van der Waals surface area contributed by atoms with Crippen molar-refractivity contribution in [3.63, 3.8) is 0 Å². The van der Waals surface area contributed by atoms with Crippen molar-refractivity contribution in [2.24, 2.45) is 7.05 Å². The lowest BCUT2D eigenvalue weighted by Gasteiger charge is -2.27. The van der Waals surface area contributed by atoms with E-state index in [2.05, 4.69) is 20.0 Å². The summed E-state index contributed by atoms with van der Waals surface area (Å²) in [6.45, 7) is 1.17. The Bertz CT molecular complexity index is 1360. The SMILES string of the molecule is Cn1c(N2CCCC2Cn2nc(-c3cccnc3)ccc2=O)nc2cnccc2c1=O. The van der Waals surface area contributed by atoms with Crippen LogP contribution >= 0.6 is 0 Å². The van der Waals surface area contributed by atoms with Crippen molar-refractivity contribution < 1.29 is 0 Å². The second kappa shape index (κ2) is 7.75. The summed E-state index contributed by atoms with van der Waals surface area (Å²) < 4.78 is 3.06. The van der Waals surface area contributed by atoms with Crippen molar-refractivity contribution in [1.29, 1.82) is 0 Å². The first-order valence-electron chi connectivity index (χ1n) is 10.2. The first kappa shape index (κ1) is 19.1. The Morgan fingerprint density at radius 1 is 1.06 bits per heavy atom. The second-order valence-electron chi connectivity index (χ2n) is 7.64. The number of rotatable bonds is 4. The van der Waals surface area contributed by atoms with Gasteiger partial charge in [-0.2, -0.15) is 5.10 Å². The molecule has 1 aliphatic rings. The highest BCUT2D eigenvalue weighted by molar-refractivity contribution is 5.77. The minimum absolute atomic E-state index is 0.00145. The number of hydrogen-bond donors (Lipinski definition) is 0. The smallest absolute Gasteiger partial charge is 0.266 e. The molecule has 9 nitrogen and oxygen atoms in total. The maximum atomic E-state index is 12.8. The molecular formula is C22H21N7O2. The lowest BCUT2D eigenvalue weighted by atomic mass is 10.2. The molecule has 31 heavy (non-hydrogen) atoms. The van der Waals surface area contributed by atoms with E-state index in [0.717, 1.165) is 24.9 Å². The molecule has 4 aromatic heterocycles. The van der Waals surface area contributed by atoms with Crippen LogP contribution in [0.2, 0.25) is 0 Å². The molecule has 4 aromatic rings. The Morgan fingerprint density at radius 3 is 2.77 bits per heavy atom. The van der Waals surface area contributed by atoms with E-state index in [1.807, 2.05) is 12.1 Å². The van der Waals surface area contributed by atoms with Gasteiger partial charge in [-0.3, -0.25) is 24.1 Å². The Hall–Kier alpha value is -3.88. The van der Waals surface area contributed by atoms with E-state index in [-0.39, 0.29) is 17.2 Å². The van der Waals surface area contributed by atoms with E-state index in [4.69, 9.17) is 4.98 Å². The maximum Gasteiger partial charge on any atom is 0.266 e. The number of aromatic nitrogens is 6. The first-order chi connectivity index (χ1) is 15.1. The summed E-state index contributed by atoms with van der Waals surface area (Å²) in [4.78, 5) is 40.4. The molecule has 5 heterocycles. The molecule has 0 saturated carbocycles. The number of pyridine rings is 2. The van der Waals surface area contributed by atoms with Crippen LogP contribution in [-0.2, 0) is 13.6 Å². The van der Waals surface area contributed by atoms with Crippen molar-refractivity contribution in [3.8, 4) is 11.3 Å². The number of nitrogens with zero attached hydrogens (tertiary/aromatic N) is 7. The number of anilines is 1. The quantitative estimate of drug-likeness (QED) is 0.499. The standard InChI is InChI=1S/C22H21N7O2/c1-27-21(31)17-8-10-24-13-19(17)25-22(27)28-11-3-5-16(28)14-29-20(30)7-6-18(26-29)15-4-2-9-23-12-15/h2,4,6-10,12-13,16H,3,5,11,14H2,1H3. The van der Waals surface area contributed by atoms with E-state index in [9.17, 15) is 9.59 Å². The fourth-order valence-corrected chi connectivity index (χ4v) is 4.10. The molecule has 0 spiro atoms.